The van der Waals surface area contributed by atoms with Crippen molar-refractivity contribution in [3.05, 3.63) is 53.6 Å². The molecule has 2 aromatic rings. The van der Waals surface area contributed by atoms with Crippen LogP contribution in [0.2, 0.25) is 19.6 Å². The van der Waals surface area contributed by atoms with Crippen molar-refractivity contribution in [1.82, 2.24) is 0 Å². The zero-order valence-electron chi connectivity index (χ0n) is 12.0. The van der Waals surface area contributed by atoms with E-state index in [0.29, 0.717) is 0 Å². The second kappa shape index (κ2) is 4.73. The van der Waals surface area contributed by atoms with Gasteiger partial charge in [-0.05, 0) is 25.0 Å². The van der Waals surface area contributed by atoms with Gasteiger partial charge >= 0.3 is 0 Å². The van der Waals surface area contributed by atoms with Gasteiger partial charge < -0.3 is 0 Å². The Morgan fingerprint density at radius 1 is 0.667 bits per heavy atom. The largest absolute Gasteiger partial charge is 0.0775 e. The highest BCUT2D eigenvalue weighted by atomic mass is 28.3. The minimum atomic E-state index is -1.18. The van der Waals surface area contributed by atoms with Crippen molar-refractivity contribution in [3.8, 4) is 11.1 Å². The molecule has 0 atom stereocenters. The molecule has 0 N–H and O–H groups in total. The minimum absolute atomic E-state index is 1.18. The fraction of sp³-hybridized carbons (Fsp3) is 0.294. The highest BCUT2D eigenvalue weighted by molar-refractivity contribution is 6.88. The van der Waals surface area contributed by atoms with Crippen molar-refractivity contribution in [2.45, 2.75) is 33.5 Å². The fourth-order valence-electron chi connectivity index (χ4n) is 2.30. The molecule has 2 aromatic carbocycles. The summed E-state index contributed by atoms with van der Waals surface area (Å²) in [6.07, 6.45) is 0. The van der Waals surface area contributed by atoms with Crippen LogP contribution in [0.15, 0.2) is 42.5 Å². The van der Waals surface area contributed by atoms with Gasteiger partial charge in [-0.15, -0.1) is 0 Å². The summed E-state index contributed by atoms with van der Waals surface area (Å²) in [4.78, 5) is 0. The molecule has 0 bridgehead atoms. The Balaban J connectivity index is 2.40. The smallest absolute Gasteiger partial charge is 0.0656 e. The van der Waals surface area contributed by atoms with E-state index in [9.17, 15) is 0 Å². The zero-order chi connectivity index (χ0) is 13.3. The van der Waals surface area contributed by atoms with Crippen LogP contribution < -0.4 is 5.19 Å². The number of benzene rings is 2. The lowest BCUT2D eigenvalue weighted by atomic mass is 10.0. The quantitative estimate of drug-likeness (QED) is 0.691. The van der Waals surface area contributed by atoms with E-state index in [2.05, 4.69) is 76.0 Å². The van der Waals surface area contributed by atoms with E-state index in [1.165, 1.54) is 27.4 Å². The third-order valence-electron chi connectivity index (χ3n) is 3.31. The molecule has 0 amide bonds. The molecule has 1 heteroatoms. The Morgan fingerprint density at radius 2 is 1.17 bits per heavy atom. The monoisotopic (exact) mass is 254 g/mol. The molecule has 0 nitrogen and oxygen atoms in total. The van der Waals surface area contributed by atoms with Gasteiger partial charge in [0.05, 0.1) is 8.07 Å². The van der Waals surface area contributed by atoms with Crippen LogP contribution in [0.3, 0.4) is 0 Å². The third kappa shape index (κ3) is 2.91. The second-order valence-electron chi connectivity index (χ2n) is 6.20. The van der Waals surface area contributed by atoms with E-state index >= 15 is 0 Å². The van der Waals surface area contributed by atoms with Gasteiger partial charge in [-0.3, -0.25) is 0 Å². The van der Waals surface area contributed by atoms with Gasteiger partial charge in [0.1, 0.15) is 0 Å². The SMILES string of the molecule is Cc1cc(C)cc(-c2ccc([Si](C)(C)C)cc2)c1. The lowest BCUT2D eigenvalue weighted by Crippen LogP contribution is -2.37. The van der Waals surface area contributed by atoms with E-state index in [0.717, 1.165) is 0 Å². The van der Waals surface area contributed by atoms with Crippen molar-refractivity contribution in [2.24, 2.45) is 0 Å². The first-order valence-electron chi connectivity index (χ1n) is 6.55. The maximum Gasteiger partial charge on any atom is 0.0775 e. The van der Waals surface area contributed by atoms with E-state index < -0.39 is 8.07 Å². The molecule has 0 aliphatic carbocycles. The lowest BCUT2D eigenvalue weighted by molar-refractivity contribution is 1.38. The fourth-order valence-corrected chi connectivity index (χ4v) is 3.47. The summed E-state index contributed by atoms with van der Waals surface area (Å²) in [6.45, 7) is 11.5. The highest BCUT2D eigenvalue weighted by Crippen LogP contribution is 2.21. The summed E-state index contributed by atoms with van der Waals surface area (Å²) in [5.74, 6) is 0. The molecule has 0 radical (unpaired) electrons. The summed E-state index contributed by atoms with van der Waals surface area (Å²) in [6, 6.07) is 15.9. The van der Waals surface area contributed by atoms with Crippen LogP contribution in [0.5, 0.6) is 0 Å². The Morgan fingerprint density at radius 3 is 1.61 bits per heavy atom. The van der Waals surface area contributed by atoms with Crippen molar-refractivity contribution in [3.63, 3.8) is 0 Å². The van der Waals surface area contributed by atoms with E-state index in [1.807, 2.05) is 0 Å². The van der Waals surface area contributed by atoms with Crippen LogP contribution in [0.25, 0.3) is 11.1 Å². The number of rotatable bonds is 2. The predicted octanol–water partition coefficient (Wildman–Crippen LogP) is 4.52. The normalized spacial score (nSPS) is 11.6. The lowest BCUT2D eigenvalue weighted by Gasteiger charge is -2.17. The Hall–Kier alpha value is -1.34. The first-order valence-corrected chi connectivity index (χ1v) is 10.1. The van der Waals surface area contributed by atoms with Crippen LogP contribution >= 0.6 is 0 Å². The van der Waals surface area contributed by atoms with Gasteiger partial charge in [0.2, 0.25) is 0 Å². The van der Waals surface area contributed by atoms with E-state index in [-0.39, 0.29) is 0 Å². The van der Waals surface area contributed by atoms with Crippen molar-refractivity contribution in [2.75, 3.05) is 0 Å². The molecule has 94 valence electrons. The van der Waals surface area contributed by atoms with Crippen molar-refractivity contribution >= 4 is 13.3 Å². The average Bonchev–Trinajstić information content (AvgIpc) is 2.27. The van der Waals surface area contributed by atoms with E-state index in [1.54, 1.807) is 0 Å². The Labute approximate surface area is 112 Å². The molecule has 0 saturated heterocycles. The summed E-state index contributed by atoms with van der Waals surface area (Å²) in [5.41, 5.74) is 5.32. The molecule has 0 fully saturated rings. The molecule has 0 saturated carbocycles. The van der Waals surface area contributed by atoms with Gasteiger partial charge in [-0.2, -0.15) is 0 Å². The van der Waals surface area contributed by atoms with Gasteiger partial charge in [0.25, 0.3) is 0 Å². The molecule has 0 aliphatic heterocycles. The maximum atomic E-state index is 2.39. The summed E-state index contributed by atoms with van der Waals surface area (Å²) in [7, 11) is -1.18. The summed E-state index contributed by atoms with van der Waals surface area (Å²) < 4.78 is 0. The first-order chi connectivity index (χ1) is 8.36. The van der Waals surface area contributed by atoms with Crippen LogP contribution in [0.4, 0.5) is 0 Å². The van der Waals surface area contributed by atoms with Gasteiger partial charge in [-0.25, -0.2) is 0 Å². The first kappa shape index (κ1) is 13.1. The van der Waals surface area contributed by atoms with Crippen LogP contribution in [0, 0.1) is 13.8 Å². The van der Waals surface area contributed by atoms with Gasteiger partial charge in [-0.1, -0.05) is 78.4 Å². The number of hydrogen-bond donors (Lipinski definition) is 0. The van der Waals surface area contributed by atoms with Gasteiger partial charge in [0.15, 0.2) is 0 Å². The van der Waals surface area contributed by atoms with Crippen LogP contribution in [-0.4, -0.2) is 8.07 Å². The molecule has 0 spiro atoms. The predicted molar refractivity (Wildman–Crippen MR) is 84.3 cm³/mol. The molecule has 0 aliphatic rings. The molecule has 0 heterocycles. The number of aryl methyl sites for hydroxylation is 2. The zero-order valence-corrected chi connectivity index (χ0v) is 13.0. The minimum Gasteiger partial charge on any atom is -0.0656 e. The summed E-state index contributed by atoms with van der Waals surface area (Å²) in [5, 5.41) is 1.52. The second-order valence-corrected chi connectivity index (χ2v) is 11.3. The number of hydrogen-bond acceptors (Lipinski definition) is 0. The standard InChI is InChI=1S/C17H22Si/c1-13-10-14(2)12-16(11-13)15-6-8-17(9-7-15)18(3,4)5/h6-12H,1-5H3. The van der Waals surface area contributed by atoms with E-state index in [4.69, 9.17) is 0 Å². The topological polar surface area (TPSA) is 0 Å². The third-order valence-corrected chi connectivity index (χ3v) is 5.37. The molecular weight excluding hydrogens is 232 g/mol. The molecule has 18 heavy (non-hydrogen) atoms. The summed E-state index contributed by atoms with van der Waals surface area (Å²) >= 11 is 0. The Kier molecular flexibility index (Phi) is 3.44. The molecule has 2 rings (SSSR count). The van der Waals surface area contributed by atoms with Crippen molar-refractivity contribution < 1.29 is 0 Å². The molecular formula is C17H22Si. The highest BCUT2D eigenvalue weighted by Gasteiger charge is 2.15. The van der Waals surface area contributed by atoms with Gasteiger partial charge in [0, 0.05) is 0 Å². The van der Waals surface area contributed by atoms with Crippen molar-refractivity contribution in [1.29, 1.82) is 0 Å². The Bertz CT molecular complexity index is 525. The maximum absolute atomic E-state index is 2.39. The average molecular weight is 254 g/mol. The van der Waals surface area contributed by atoms with Crippen LogP contribution in [-0.2, 0) is 0 Å². The van der Waals surface area contributed by atoms with Crippen LogP contribution in [0.1, 0.15) is 11.1 Å². The molecule has 0 aromatic heterocycles. The molecule has 0 unspecified atom stereocenters.